The molecule has 2 aliphatic heterocycles. The second-order valence-corrected chi connectivity index (χ2v) is 10.9. The van der Waals surface area contributed by atoms with Crippen LogP contribution in [0.4, 0.5) is 0 Å². The van der Waals surface area contributed by atoms with Crippen molar-refractivity contribution in [3.63, 3.8) is 0 Å². The average molecular weight is 609 g/mol. The highest BCUT2D eigenvalue weighted by atomic mass is 32.2. The lowest BCUT2D eigenvalue weighted by Crippen LogP contribution is -2.44. The topological polar surface area (TPSA) is 205 Å². The number of aliphatic hydroxyl groups is 1. The zero-order valence-corrected chi connectivity index (χ0v) is 24.5. The number of para-hydroxylation sites is 2. The van der Waals surface area contributed by atoms with Crippen molar-refractivity contribution in [3.05, 3.63) is 101 Å². The molecule has 2 aliphatic rings. The fourth-order valence-corrected chi connectivity index (χ4v) is 4.87. The molecule has 43 heavy (non-hydrogen) atoms. The Morgan fingerprint density at radius 2 is 1.81 bits per heavy atom. The van der Waals surface area contributed by atoms with Crippen LogP contribution in [0.1, 0.15) is 25.3 Å². The van der Waals surface area contributed by atoms with Crippen LogP contribution in [0, 0.1) is 5.41 Å². The highest BCUT2D eigenvalue weighted by molar-refractivity contribution is 7.90. The Morgan fingerprint density at radius 3 is 2.47 bits per heavy atom. The highest BCUT2D eigenvalue weighted by Crippen LogP contribution is 2.30. The maximum Gasteiger partial charge on any atom is 0.284 e. The molecule has 0 radical (unpaired) electrons. The Bertz CT molecular complexity index is 1660. The summed E-state index contributed by atoms with van der Waals surface area (Å²) in [7, 11) is -2.81. The third kappa shape index (κ3) is 7.38. The monoisotopic (exact) mass is 608 g/mol. The first-order valence-electron chi connectivity index (χ1n) is 13.0. The predicted octanol–water partition coefficient (Wildman–Crippen LogP) is 2.87. The van der Waals surface area contributed by atoms with Crippen molar-refractivity contribution < 1.29 is 27.7 Å². The first kappa shape index (κ1) is 30.8. The summed E-state index contributed by atoms with van der Waals surface area (Å²) in [6.07, 6.45) is 4.68. The second-order valence-electron chi connectivity index (χ2n) is 9.30. The number of methoxy groups -OCH3 is 1. The zero-order valence-electron chi connectivity index (χ0n) is 23.7. The molecule has 0 saturated carbocycles. The van der Waals surface area contributed by atoms with E-state index in [9.17, 15) is 13.5 Å². The summed E-state index contributed by atoms with van der Waals surface area (Å²) in [5.74, 6) is 5.52. The quantitative estimate of drug-likeness (QED) is 0.0765. The largest absolute Gasteiger partial charge is 0.493 e. The molecule has 0 spiro atoms. The molecule has 14 nitrogen and oxygen atoms in total. The molecule has 2 aromatic carbocycles. The molecule has 2 heterocycles. The summed E-state index contributed by atoms with van der Waals surface area (Å²) in [6, 6.07) is 13.2. The van der Waals surface area contributed by atoms with Crippen LogP contribution in [0.15, 0.2) is 115 Å². The van der Waals surface area contributed by atoms with Crippen molar-refractivity contribution in [2.24, 2.45) is 20.6 Å². The van der Waals surface area contributed by atoms with Gasteiger partial charge in [-0.1, -0.05) is 43.3 Å². The van der Waals surface area contributed by atoms with Gasteiger partial charge < -0.3 is 41.1 Å². The van der Waals surface area contributed by atoms with E-state index in [0.717, 1.165) is 5.56 Å². The molecule has 0 aliphatic carbocycles. The van der Waals surface area contributed by atoms with E-state index in [0.29, 0.717) is 17.0 Å². The summed E-state index contributed by atoms with van der Waals surface area (Å²) in [6.45, 7) is 3.52. The first-order valence-corrected chi connectivity index (χ1v) is 14.5. The minimum Gasteiger partial charge on any atom is -0.493 e. The van der Waals surface area contributed by atoms with E-state index < -0.39 is 10.0 Å². The Kier molecular flexibility index (Phi) is 9.80. The SMILES string of the molecule is COc1ccccc1OC1=C(OCCO)NC(=C2C=C(C(=N)N=NN)C=CN2)NC1=NS(=O)(=O)c1ccc(C(C)C)cc1. The molecule has 226 valence electrons. The number of allylic oxidation sites excluding steroid dienone is 1. The molecule has 0 saturated heterocycles. The van der Waals surface area contributed by atoms with Crippen molar-refractivity contribution in [2.45, 2.75) is 24.7 Å². The van der Waals surface area contributed by atoms with Crippen LogP contribution in [-0.4, -0.2) is 45.5 Å². The number of aliphatic hydroxyl groups excluding tert-OH is 1. The van der Waals surface area contributed by atoms with Gasteiger partial charge in [-0.25, -0.2) is 0 Å². The van der Waals surface area contributed by atoms with Crippen LogP contribution in [-0.2, 0) is 14.8 Å². The smallest absolute Gasteiger partial charge is 0.284 e. The van der Waals surface area contributed by atoms with Crippen LogP contribution < -0.4 is 31.3 Å². The zero-order chi connectivity index (χ0) is 31.0. The number of hydrogen-bond donors (Lipinski definition) is 6. The van der Waals surface area contributed by atoms with Gasteiger partial charge in [0.2, 0.25) is 11.6 Å². The normalized spacial score (nSPS) is 17.8. The molecule has 0 aromatic heterocycles. The number of amidine groups is 2. The van der Waals surface area contributed by atoms with E-state index >= 15 is 0 Å². The van der Waals surface area contributed by atoms with Gasteiger partial charge in [-0.15, -0.1) is 9.51 Å². The van der Waals surface area contributed by atoms with Crippen molar-refractivity contribution in [1.29, 1.82) is 5.41 Å². The molecule has 2 aromatic rings. The van der Waals surface area contributed by atoms with Crippen LogP contribution in [0.5, 0.6) is 11.5 Å². The maximum absolute atomic E-state index is 13.6. The standard InChI is InChI=1S/C28H32N8O6S/c1-17(2)18-8-10-20(11-9-18)43(38,39)35-27-24(42-23-7-5-4-6-22(23)40-3)28(41-15-14-37)33-26(32-27)21-16-19(12-13-31-21)25(29)34-36-30/h4-13,16-17,31,33,37H,14-15H2,1-3H3,(H,32,35)(H3,29,30,34). The van der Waals surface area contributed by atoms with Crippen LogP contribution >= 0.6 is 0 Å². The van der Waals surface area contributed by atoms with Crippen LogP contribution in [0.25, 0.3) is 0 Å². The summed E-state index contributed by atoms with van der Waals surface area (Å²) in [4.78, 5) is -0.0325. The first-order chi connectivity index (χ1) is 20.7. The van der Waals surface area contributed by atoms with Gasteiger partial charge in [-0.05, 0) is 47.9 Å². The molecule has 4 rings (SSSR count). The summed E-state index contributed by atoms with van der Waals surface area (Å²) in [5.41, 5.74) is 1.69. The summed E-state index contributed by atoms with van der Waals surface area (Å²) in [5, 5.41) is 33.3. The fourth-order valence-electron chi connectivity index (χ4n) is 3.91. The van der Waals surface area contributed by atoms with Crippen LogP contribution in [0.2, 0.25) is 0 Å². The lowest BCUT2D eigenvalue weighted by molar-refractivity contribution is 0.126. The van der Waals surface area contributed by atoms with Crippen molar-refractivity contribution in [1.82, 2.24) is 16.0 Å². The fraction of sp³-hybridized carbons (Fsp3) is 0.214. The lowest BCUT2D eigenvalue weighted by Gasteiger charge is -2.28. The number of rotatable bonds is 10. The molecular weight excluding hydrogens is 576 g/mol. The second kappa shape index (κ2) is 13.7. The van der Waals surface area contributed by atoms with E-state index in [-0.39, 0.29) is 58.9 Å². The minimum absolute atomic E-state index is 0.0325. The number of benzene rings is 2. The Balaban J connectivity index is 1.88. The number of sulfonamides is 1. The average Bonchev–Trinajstić information content (AvgIpc) is 3.01. The Hall–Kier alpha value is -5.15. The molecular formula is C28H32N8O6S. The van der Waals surface area contributed by atoms with E-state index in [1.54, 1.807) is 54.8 Å². The highest BCUT2D eigenvalue weighted by Gasteiger charge is 2.31. The number of ether oxygens (including phenoxy) is 3. The van der Waals surface area contributed by atoms with Gasteiger partial charge in [0.25, 0.3) is 10.0 Å². The molecule has 7 N–H and O–H groups in total. The summed E-state index contributed by atoms with van der Waals surface area (Å²) < 4.78 is 48.6. The van der Waals surface area contributed by atoms with Gasteiger partial charge >= 0.3 is 0 Å². The van der Waals surface area contributed by atoms with Gasteiger partial charge in [0.15, 0.2) is 23.2 Å². The lowest BCUT2D eigenvalue weighted by atomic mass is 10.0. The van der Waals surface area contributed by atoms with Gasteiger partial charge in [0, 0.05) is 11.8 Å². The van der Waals surface area contributed by atoms with Crippen molar-refractivity contribution >= 4 is 21.7 Å². The molecule has 0 atom stereocenters. The Morgan fingerprint density at radius 1 is 1.09 bits per heavy atom. The number of hydrogen-bond acceptors (Lipinski definition) is 10. The molecule has 15 heteroatoms. The Labute approximate surface area is 248 Å². The van der Waals surface area contributed by atoms with E-state index in [1.807, 2.05) is 13.8 Å². The van der Waals surface area contributed by atoms with Gasteiger partial charge in [-0.3, -0.25) is 5.41 Å². The number of nitrogens with one attached hydrogen (secondary N) is 4. The predicted molar refractivity (Wildman–Crippen MR) is 159 cm³/mol. The summed E-state index contributed by atoms with van der Waals surface area (Å²) >= 11 is 0. The number of nitrogens with zero attached hydrogens (tertiary/aromatic N) is 3. The third-order valence-corrected chi connectivity index (χ3v) is 7.37. The van der Waals surface area contributed by atoms with Crippen LogP contribution in [0.3, 0.4) is 0 Å². The van der Waals surface area contributed by atoms with E-state index in [4.69, 9.17) is 25.5 Å². The number of dihydropyridines is 1. The van der Waals surface area contributed by atoms with Crippen molar-refractivity contribution in [2.75, 3.05) is 20.3 Å². The molecule has 0 amide bonds. The third-order valence-electron chi connectivity index (χ3n) is 6.08. The van der Waals surface area contributed by atoms with Gasteiger partial charge in [0.1, 0.15) is 12.4 Å². The van der Waals surface area contributed by atoms with Gasteiger partial charge in [0.05, 0.1) is 24.3 Å². The molecule has 0 unspecified atom stereocenters. The maximum atomic E-state index is 13.6. The minimum atomic E-state index is -4.27. The van der Waals surface area contributed by atoms with E-state index in [2.05, 4.69) is 30.7 Å². The van der Waals surface area contributed by atoms with Crippen molar-refractivity contribution in [3.8, 4) is 11.5 Å². The molecule has 0 fully saturated rings. The molecule has 0 bridgehead atoms. The van der Waals surface area contributed by atoms with Gasteiger partial charge in [-0.2, -0.15) is 8.42 Å². The van der Waals surface area contributed by atoms with E-state index in [1.165, 1.54) is 19.2 Å². The number of nitrogens with two attached hydrogens (primary N) is 1.